The minimum Gasteiger partial charge on any atom is -0.423 e. The molecular formula is C22H23F4N7O2. The van der Waals surface area contributed by atoms with E-state index in [1.807, 2.05) is 6.92 Å². The highest BCUT2D eigenvalue weighted by atomic mass is 19.4. The number of nitrogens with zero attached hydrogens (tertiary/aromatic N) is 6. The summed E-state index contributed by atoms with van der Waals surface area (Å²) in [5.74, 6) is -0.403. The van der Waals surface area contributed by atoms with Gasteiger partial charge in [0.2, 0.25) is 11.8 Å². The van der Waals surface area contributed by atoms with Gasteiger partial charge in [-0.1, -0.05) is 13.8 Å². The Balaban J connectivity index is 1.49. The third-order valence-corrected chi connectivity index (χ3v) is 6.64. The van der Waals surface area contributed by atoms with E-state index >= 15 is 0 Å². The number of aryl methyl sites for hydroxylation is 2. The summed E-state index contributed by atoms with van der Waals surface area (Å²) in [4.78, 5) is 18.8. The molecule has 0 radical (unpaired) electrons. The van der Waals surface area contributed by atoms with E-state index in [0.717, 1.165) is 12.5 Å². The summed E-state index contributed by atoms with van der Waals surface area (Å²) in [5.41, 5.74) is -2.91. The van der Waals surface area contributed by atoms with Crippen LogP contribution in [0.3, 0.4) is 0 Å². The highest BCUT2D eigenvalue weighted by Gasteiger charge is 2.62. The van der Waals surface area contributed by atoms with E-state index < -0.39 is 40.4 Å². The molecule has 2 aromatic heterocycles. The molecule has 3 aromatic rings. The van der Waals surface area contributed by atoms with Gasteiger partial charge in [-0.05, 0) is 30.9 Å². The van der Waals surface area contributed by atoms with Gasteiger partial charge in [0, 0.05) is 31.5 Å². The molecule has 5 rings (SSSR count). The summed E-state index contributed by atoms with van der Waals surface area (Å²) < 4.78 is 62.7. The number of alkyl halides is 3. The van der Waals surface area contributed by atoms with Crippen LogP contribution in [0, 0.1) is 11.7 Å². The molecule has 1 saturated carbocycles. The van der Waals surface area contributed by atoms with E-state index in [1.54, 1.807) is 4.90 Å². The molecule has 1 saturated heterocycles. The second-order valence-corrected chi connectivity index (χ2v) is 9.21. The van der Waals surface area contributed by atoms with Crippen LogP contribution < -0.4 is 5.32 Å². The summed E-state index contributed by atoms with van der Waals surface area (Å²) in [7, 11) is 1.50. The molecule has 1 N–H and O–H groups in total. The Morgan fingerprint density at radius 3 is 2.69 bits per heavy atom. The molecule has 2 amide bonds. The maximum absolute atomic E-state index is 14.8. The third-order valence-electron chi connectivity index (χ3n) is 6.64. The van der Waals surface area contributed by atoms with Crippen molar-refractivity contribution < 1.29 is 26.8 Å². The Labute approximate surface area is 197 Å². The lowest BCUT2D eigenvalue weighted by Gasteiger charge is -2.61. The highest BCUT2D eigenvalue weighted by Crippen LogP contribution is 2.55. The van der Waals surface area contributed by atoms with Crippen LogP contribution in [0.1, 0.15) is 50.5 Å². The smallest absolute Gasteiger partial charge is 0.417 e. The van der Waals surface area contributed by atoms with Crippen LogP contribution >= 0.6 is 0 Å². The molecule has 3 atom stereocenters. The molecule has 2 unspecified atom stereocenters. The minimum absolute atomic E-state index is 0.134. The number of fused-ring (bicyclic) bond motifs is 2. The molecule has 186 valence electrons. The van der Waals surface area contributed by atoms with Gasteiger partial charge in [-0.15, -0.1) is 10.2 Å². The number of amides is 2. The number of benzene rings is 1. The molecule has 35 heavy (non-hydrogen) atoms. The summed E-state index contributed by atoms with van der Waals surface area (Å²) in [6, 6.07) is 0.480. The largest absolute Gasteiger partial charge is 0.423 e. The number of carbonyl (C=O) groups is 1. The van der Waals surface area contributed by atoms with E-state index in [-0.39, 0.29) is 11.9 Å². The van der Waals surface area contributed by atoms with Crippen molar-refractivity contribution in [2.75, 3.05) is 5.32 Å². The molecular weight excluding hydrogens is 470 g/mol. The molecule has 1 aromatic carbocycles. The van der Waals surface area contributed by atoms with Crippen LogP contribution in [0.15, 0.2) is 22.9 Å². The molecule has 1 aliphatic carbocycles. The van der Waals surface area contributed by atoms with Crippen molar-refractivity contribution >= 4 is 11.7 Å². The van der Waals surface area contributed by atoms with E-state index in [1.165, 1.54) is 18.1 Å². The first-order valence-corrected chi connectivity index (χ1v) is 11.2. The van der Waals surface area contributed by atoms with Crippen molar-refractivity contribution in [3.8, 4) is 11.4 Å². The number of likely N-dealkylation sites (tertiary alicyclic amines) is 1. The Bertz CT molecular complexity index is 1290. The van der Waals surface area contributed by atoms with E-state index in [4.69, 9.17) is 4.42 Å². The zero-order chi connectivity index (χ0) is 25.1. The quantitative estimate of drug-likeness (QED) is 0.537. The Morgan fingerprint density at radius 1 is 1.29 bits per heavy atom. The number of anilines is 1. The van der Waals surface area contributed by atoms with Gasteiger partial charge < -0.3 is 14.6 Å². The lowest BCUT2D eigenvalue weighted by Crippen LogP contribution is -2.70. The summed E-state index contributed by atoms with van der Waals surface area (Å²) in [6.07, 6.45) is -1.13. The van der Waals surface area contributed by atoms with Crippen molar-refractivity contribution in [1.29, 1.82) is 0 Å². The molecule has 2 bridgehead atoms. The fraction of sp³-hybridized carbons (Fsp3) is 0.500. The first-order valence-electron chi connectivity index (χ1n) is 11.2. The molecule has 2 aliphatic rings. The minimum atomic E-state index is -4.85. The molecule has 0 spiro atoms. The number of aromatic nitrogens is 5. The maximum Gasteiger partial charge on any atom is 0.417 e. The predicted molar refractivity (Wildman–Crippen MR) is 114 cm³/mol. The standard InChI is InChI=1S/C22H23F4N7O2/c1-4-17-29-30-19(35-17)21-8-11(2)5-12(9-21)33(21)20(34)28-16-6-13(18-27-10-32(3)31-18)14(7-15(16)23)22(24,25)26/h6-7,10-12H,4-5,8-9H2,1-3H3,(H,28,34)/t11-,12?,21?/m1/s1. The molecule has 3 heterocycles. The molecule has 2 fully saturated rings. The number of halogens is 4. The SMILES string of the molecule is CCc1nnc(C23CC(C[C@@H](C)C2)N3C(=O)Nc2cc(-c3ncn(C)n3)c(C(F)(F)F)cc2F)o1. The molecule has 9 nitrogen and oxygen atoms in total. The second kappa shape index (κ2) is 8.02. The molecule has 13 heteroatoms. The predicted octanol–water partition coefficient (Wildman–Crippen LogP) is 4.52. The van der Waals surface area contributed by atoms with Gasteiger partial charge in [0.05, 0.1) is 11.3 Å². The highest BCUT2D eigenvalue weighted by molar-refractivity contribution is 5.92. The van der Waals surface area contributed by atoms with Crippen molar-refractivity contribution in [3.05, 3.63) is 41.6 Å². The van der Waals surface area contributed by atoms with Crippen LogP contribution in [0.4, 0.5) is 28.0 Å². The number of rotatable bonds is 4. The normalized spacial score (nSPS) is 23.8. The second-order valence-electron chi connectivity index (χ2n) is 9.21. The number of hydrogen-bond acceptors (Lipinski definition) is 6. The monoisotopic (exact) mass is 493 g/mol. The lowest BCUT2D eigenvalue weighted by atomic mass is 9.64. The van der Waals surface area contributed by atoms with Crippen LogP contribution in [-0.4, -0.2) is 41.9 Å². The first kappa shape index (κ1) is 23.2. The van der Waals surface area contributed by atoms with Crippen molar-refractivity contribution in [2.24, 2.45) is 13.0 Å². The Kier molecular flexibility index (Phi) is 5.33. The number of hydrogen-bond donors (Lipinski definition) is 1. The van der Waals surface area contributed by atoms with E-state index in [2.05, 4.69) is 32.5 Å². The van der Waals surface area contributed by atoms with Gasteiger partial charge in [-0.25, -0.2) is 14.2 Å². The van der Waals surface area contributed by atoms with E-state index in [0.29, 0.717) is 43.0 Å². The van der Waals surface area contributed by atoms with Crippen molar-refractivity contribution in [3.63, 3.8) is 0 Å². The summed E-state index contributed by atoms with van der Waals surface area (Å²) in [6.45, 7) is 3.93. The average Bonchev–Trinajstić information content (AvgIpc) is 3.42. The number of carbonyl (C=O) groups excluding carboxylic acids is 1. The van der Waals surface area contributed by atoms with Gasteiger partial charge in [-0.2, -0.15) is 18.3 Å². The number of urea groups is 1. The first-order chi connectivity index (χ1) is 16.5. The maximum atomic E-state index is 14.8. The van der Waals surface area contributed by atoms with Gasteiger partial charge in [-0.3, -0.25) is 4.68 Å². The summed E-state index contributed by atoms with van der Waals surface area (Å²) in [5, 5.41) is 14.5. The topological polar surface area (TPSA) is 102 Å². The van der Waals surface area contributed by atoms with Crippen LogP contribution in [0.5, 0.6) is 0 Å². The Morgan fingerprint density at radius 2 is 2.06 bits per heavy atom. The number of nitrogens with one attached hydrogen (secondary N) is 1. The van der Waals surface area contributed by atoms with Crippen LogP contribution in [0.25, 0.3) is 11.4 Å². The van der Waals surface area contributed by atoms with Gasteiger partial charge in [0.1, 0.15) is 17.7 Å². The molecule has 1 aliphatic heterocycles. The fourth-order valence-electron chi connectivity index (χ4n) is 5.26. The third kappa shape index (κ3) is 3.82. The lowest BCUT2D eigenvalue weighted by molar-refractivity contribution is -0.137. The van der Waals surface area contributed by atoms with E-state index in [9.17, 15) is 22.4 Å². The Hall–Kier alpha value is -3.51. The van der Waals surface area contributed by atoms with Gasteiger partial charge in [0.15, 0.2) is 5.82 Å². The van der Waals surface area contributed by atoms with Crippen molar-refractivity contribution in [1.82, 2.24) is 29.9 Å². The number of piperidine rings is 1. The average molecular weight is 493 g/mol. The van der Waals surface area contributed by atoms with Crippen LogP contribution in [-0.2, 0) is 25.2 Å². The van der Waals surface area contributed by atoms with Crippen LogP contribution in [0.2, 0.25) is 0 Å². The zero-order valence-corrected chi connectivity index (χ0v) is 19.2. The fourth-order valence-corrected chi connectivity index (χ4v) is 5.26. The summed E-state index contributed by atoms with van der Waals surface area (Å²) >= 11 is 0. The van der Waals surface area contributed by atoms with Gasteiger partial charge in [0.25, 0.3) is 0 Å². The van der Waals surface area contributed by atoms with Gasteiger partial charge >= 0.3 is 12.2 Å². The zero-order valence-electron chi connectivity index (χ0n) is 19.2. The van der Waals surface area contributed by atoms with Crippen molar-refractivity contribution in [2.45, 2.75) is 57.3 Å².